The van der Waals surface area contributed by atoms with E-state index in [2.05, 4.69) is 10.2 Å². The summed E-state index contributed by atoms with van der Waals surface area (Å²) in [5.41, 5.74) is 0. The molecule has 1 fully saturated rings. The van der Waals surface area contributed by atoms with E-state index >= 15 is 0 Å². The highest BCUT2D eigenvalue weighted by atomic mass is 35.6. The van der Waals surface area contributed by atoms with E-state index in [1.807, 2.05) is 0 Å². The summed E-state index contributed by atoms with van der Waals surface area (Å²) in [6.07, 6.45) is 0. The molecule has 0 atom stereocenters. The molecule has 0 aromatic carbocycles. The van der Waals surface area contributed by atoms with Crippen LogP contribution in [0.4, 0.5) is 9.93 Å². The van der Waals surface area contributed by atoms with Gasteiger partial charge in [0.1, 0.15) is 0 Å². The lowest BCUT2D eigenvalue weighted by atomic mass is 10.6. The SMILES string of the molecule is CN1CCN(c2nnc(C(Cl)(Cl)Cl)s2)C1=O. The largest absolute Gasteiger partial charge is 0.326 e. The number of urea groups is 1. The van der Waals surface area contributed by atoms with Gasteiger partial charge in [-0.15, -0.1) is 10.2 Å². The first-order valence-electron chi connectivity index (χ1n) is 4.33. The first-order valence-corrected chi connectivity index (χ1v) is 6.28. The van der Waals surface area contributed by atoms with Crippen molar-refractivity contribution in [3.05, 3.63) is 5.01 Å². The van der Waals surface area contributed by atoms with E-state index in [1.165, 1.54) is 4.90 Å². The molecule has 1 aliphatic heterocycles. The summed E-state index contributed by atoms with van der Waals surface area (Å²) in [5, 5.41) is 8.31. The summed E-state index contributed by atoms with van der Waals surface area (Å²) in [7, 11) is 1.72. The van der Waals surface area contributed by atoms with Crippen molar-refractivity contribution in [2.45, 2.75) is 3.79 Å². The number of rotatable bonds is 1. The van der Waals surface area contributed by atoms with Crippen LogP contribution in [0.5, 0.6) is 0 Å². The Balaban J connectivity index is 2.23. The smallest absolute Gasteiger partial charge is 0.326 e. The number of alkyl halides is 3. The second-order valence-corrected chi connectivity index (χ2v) is 6.48. The van der Waals surface area contributed by atoms with Crippen LogP contribution in [0, 0.1) is 0 Å². The van der Waals surface area contributed by atoms with Gasteiger partial charge in [0.2, 0.25) is 8.92 Å². The van der Waals surface area contributed by atoms with Crippen LogP contribution in [0.3, 0.4) is 0 Å². The lowest BCUT2D eigenvalue weighted by molar-refractivity contribution is 0.229. The van der Waals surface area contributed by atoms with Gasteiger partial charge < -0.3 is 4.90 Å². The Morgan fingerprint density at radius 1 is 1.31 bits per heavy atom. The molecule has 16 heavy (non-hydrogen) atoms. The fraction of sp³-hybridized carbons (Fsp3) is 0.571. The molecule has 0 unspecified atom stereocenters. The Labute approximate surface area is 111 Å². The van der Waals surface area contributed by atoms with Crippen LogP contribution in [0.15, 0.2) is 0 Å². The molecular weight excluding hydrogens is 295 g/mol. The van der Waals surface area contributed by atoms with Crippen molar-refractivity contribution in [3.8, 4) is 0 Å². The highest BCUT2D eigenvalue weighted by molar-refractivity contribution is 7.16. The lowest BCUT2D eigenvalue weighted by Gasteiger charge is -2.11. The van der Waals surface area contributed by atoms with E-state index in [0.717, 1.165) is 11.3 Å². The second kappa shape index (κ2) is 4.18. The van der Waals surface area contributed by atoms with Crippen LogP contribution >= 0.6 is 46.1 Å². The van der Waals surface area contributed by atoms with Crippen molar-refractivity contribution in [3.63, 3.8) is 0 Å². The second-order valence-electron chi connectivity index (χ2n) is 3.24. The number of carbonyl (C=O) groups excluding carboxylic acids is 1. The van der Waals surface area contributed by atoms with Crippen LogP contribution in [0.2, 0.25) is 0 Å². The zero-order chi connectivity index (χ0) is 11.9. The minimum atomic E-state index is -1.59. The quantitative estimate of drug-likeness (QED) is 0.748. The lowest BCUT2D eigenvalue weighted by Crippen LogP contribution is -2.29. The third-order valence-electron chi connectivity index (χ3n) is 2.10. The molecule has 0 saturated carbocycles. The van der Waals surface area contributed by atoms with Gasteiger partial charge >= 0.3 is 6.03 Å². The van der Waals surface area contributed by atoms with Gasteiger partial charge in [0.15, 0.2) is 5.01 Å². The molecule has 0 aliphatic carbocycles. The fourth-order valence-electron chi connectivity index (χ4n) is 1.26. The van der Waals surface area contributed by atoms with Crippen LogP contribution in [-0.4, -0.2) is 41.3 Å². The van der Waals surface area contributed by atoms with Gasteiger partial charge in [-0.25, -0.2) is 4.79 Å². The molecule has 5 nitrogen and oxygen atoms in total. The van der Waals surface area contributed by atoms with Crippen molar-refractivity contribution in [2.75, 3.05) is 25.0 Å². The average molecular weight is 302 g/mol. The van der Waals surface area contributed by atoms with Gasteiger partial charge in [0.05, 0.1) is 0 Å². The molecule has 0 spiro atoms. The normalized spacial score (nSPS) is 17.4. The molecule has 9 heteroatoms. The number of carbonyl (C=O) groups is 1. The molecule has 2 amide bonds. The van der Waals surface area contributed by atoms with Crippen LogP contribution in [0.25, 0.3) is 0 Å². The Hall–Kier alpha value is -0.300. The topological polar surface area (TPSA) is 49.3 Å². The summed E-state index contributed by atoms with van der Waals surface area (Å²) >= 11 is 18.1. The number of likely N-dealkylation sites (N-methyl/N-ethyl adjacent to an activating group) is 1. The van der Waals surface area contributed by atoms with Gasteiger partial charge in [-0.2, -0.15) is 0 Å². The Morgan fingerprint density at radius 3 is 2.44 bits per heavy atom. The Morgan fingerprint density at radius 2 is 2.00 bits per heavy atom. The van der Waals surface area contributed by atoms with Crippen LogP contribution < -0.4 is 4.90 Å². The molecule has 88 valence electrons. The summed E-state index contributed by atoms with van der Waals surface area (Å²) in [4.78, 5) is 14.8. The molecule has 1 aliphatic rings. The maximum absolute atomic E-state index is 11.7. The molecule has 1 aromatic rings. The predicted octanol–water partition coefficient (Wildman–Crippen LogP) is 2.24. The summed E-state index contributed by atoms with van der Waals surface area (Å²) in [6.45, 7) is 1.23. The Bertz CT molecular complexity index is 418. The molecule has 2 heterocycles. The molecule has 0 bridgehead atoms. The van der Waals surface area contributed by atoms with E-state index in [0.29, 0.717) is 18.2 Å². The summed E-state index contributed by atoms with van der Waals surface area (Å²) in [6, 6.07) is -0.119. The minimum Gasteiger partial charge on any atom is -0.326 e. The van der Waals surface area contributed by atoms with Crippen molar-refractivity contribution in [1.29, 1.82) is 0 Å². The monoisotopic (exact) mass is 300 g/mol. The van der Waals surface area contributed by atoms with Gasteiger partial charge in [-0.05, 0) is 0 Å². The number of halogens is 3. The van der Waals surface area contributed by atoms with Gasteiger partial charge in [-0.1, -0.05) is 46.1 Å². The average Bonchev–Trinajstić information content (AvgIpc) is 2.74. The van der Waals surface area contributed by atoms with Crippen molar-refractivity contribution >= 4 is 57.3 Å². The fourth-order valence-corrected chi connectivity index (χ4v) is 2.46. The number of aromatic nitrogens is 2. The molecule has 0 N–H and O–H groups in total. The van der Waals surface area contributed by atoms with Crippen molar-refractivity contribution < 1.29 is 4.79 Å². The molecular formula is C7H7Cl3N4OS. The van der Waals surface area contributed by atoms with E-state index in [9.17, 15) is 4.79 Å². The summed E-state index contributed by atoms with van der Waals surface area (Å²) in [5.74, 6) is 0. The zero-order valence-electron chi connectivity index (χ0n) is 8.15. The van der Waals surface area contributed by atoms with E-state index < -0.39 is 3.79 Å². The molecule has 2 rings (SSSR count). The Kier molecular flexibility index (Phi) is 3.18. The third-order valence-corrected chi connectivity index (χ3v) is 4.04. The number of hydrogen-bond acceptors (Lipinski definition) is 4. The van der Waals surface area contributed by atoms with Gasteiger partial charge in [0, 0.05) is 20.1 Å². The molecule has 0 radical (unpaired) electrons. The molecule has 1 aromatic heterocycles. The highest BCUT2D eigenvalue weighted by Gasteiger charge is 2.33. The highest BCUT2D eigenvalue weighted by Crippen LogP contribution is 2.41. The van der Waals surface area contributed by atoms with Crippen LogP contribution in [0.1, 0.15) is 5.01 Å². The van der Waals surface area contributed by atoms with E-state index in [4.69, 9.17) is 34.8 Å². The minimum absolute atomic E-state index is 0.119. The van der Waals surface area contributed by atoms with E-state index in [1.54, 1.807) is 11.9 Å². The summed E-state index contributed by atoms with van der Waals surface area (Å²) < 4.78 is -1.59. The third kappa shape index (κ3) is 2.20. The number of nitrogens with zero attached hydrogens (tertiary/aromatic N) is 4. The number of anilines is 1. The maximum Gasteiger partial charge on any atom is 0.326 e. The van der Waals surface area contributed by atoms with Gasteiger partial charge in [0.25, 0.3) is 0 Å². The number of amides is 2. The first kappa shape index (κ1) is 12.2. The zero-order valence-corrected chi connectivity index (χ0v) is 11.2. The van der Waals surface area contributed by atoms with Gasteiger partial charge in [-0.3, -0.25) is 4.90 Å². The maximum atomic E-state index is 11.7. The standard InChI is InChI=1S/C7H7Cl3N4OS/c1-13-2-3-14(6(13)15)5-12-11-4(16-5)7(8,9)10/h2-3H2,1H3. The number of hydrogen-bond donors (Lipinski definition) is 0. The van der Waals surface area contributed by atoms with Crippen LogP contribution in [-0.2, 0) is 3.79 Å². The first-order chi connectivity index (χ1) is 7.39. The van der Waals surface area contributed by atoms with Crippen molar-refractivity contribution in [2.24, 2.45) is 0 Å². The molecule has 1 saturated heterocycles. The van der Waals surface area contributed by atoms with Crippen molar-refractivity contribution in [1.82, 2.24) is 15.1 Å². The predicted molar refractivity (Wildman–Crippen MR) is 64.5 cm³/mol. The van der Waals surface area contributed by atoms with E-state index in [-0.39, 0.29) is 11.0 Å².